The summed E-state index contributed by atoms with van der Waals surface area (Å²) in [4.78, 5) is 14.3. The third kappa shape index (κ3) is 3.17. The molecule has 1 aromatic rings. The number of nitrogens with zero attached hydrogens (tertiary/aromatic N) is 1. The summed E-state index contributed by atoms with van der Waals surface area (Å²) in [6.07, 6.45) is 5.99. The fourth-order valence-corrected chi connectivity index (χ4v) is 5.77. The highest BCUT2D eigenvalue weighted by molar-refractivity contribution is 5.81. The zero-order valence-corrected chi connectivity index (χ0v) is 16.7. The van der Waals surface area contributed by atoms with Gasteiger partial charge in [0, 0.05) is 24.4 Å². The van der Waals surface area contributed by atoms with Crippen LogP contribution in [0.3, 0.4) is 0 Å². The Kier molecular flexibility index (Phi) is 4.93. The van der Waals surface area contributed by atoms with Gasteiger partial charge in [-0.1, -0.05) is 24.3 Å². The minimum Gasteiger partial charge on any atom is -0.390 e. The Labute approximate surface area is 167 Å². The Morgan fingerprint density at radius 3 is 2.57 bits per heavy atom. The predicted molar refractivity (Wildman–Crippen MR) is 109 cm³/mol. The molecule has 2 aliphatic heterocycles. The minimum absolute atomic E-state index is 0.0282. The van der Waals surface area contributed by atoms with Gasteiger partial charge in [0.1, 0.15) is 0 Å². The molecule has 0 radical (unpaired) electrons. The van der Waals surface area contributed by atoms with Crippen molar-refractivity contribution in [1.29, 1.82) is 0 Å². The van der Waals surface area contributed by atoms with Gasteiger partial charge < -0.3 is 20.6 Å². The molecule has 1 spiro atoms. The van der Waals surface area contributed by atoms with Crippen molar-refractivity contribution in [2.45, 2.75) is 56.1 Å². The SMILES string of the molecule is O=C(C1CC1)N1CCC(CN[C@@H]2c3ccccc3C3(CCNCC3)[C@H]2O)CC1. The number of aliphatic hydroxyl groups is 1. The summed E-state index contributed by atoms with van der Waals surface area (Å²) in [5, 5.41) is 18.5. The van der Waals surface area contributed by atoms with Gasteiger partial charge in [0.25, 0.3) is 0 Å². The van der Waals surface area contributed by atoms with E-state index in [1.807, 2.05) is 0 Å². The topological polar surface area (TPSA) is 64.6 Å². The second-order valence-electron chi connectivity index (χ2n) is 9.37. The molecular formula is C23H33N3O2. The normalized spacial score (nSPS) is 29.8. The number of benzene rings is 1. The van der Waals surface area contributed by atoms with Crippen molar-refractivity contribution < 1.29 is 9.90 Å². The van der Waals surface area contributed by atoms with Gasteiger partial charge in [-0.25, -0.2) is 0 Å². The number of hydrogen-bond donors (Lipinski definition) is 3. The summed E-state index contributed by atoms with van der Waals surface area (Å²) >= 11 is 0. The second kappa shape index (κ2) is 7.43. The van der Waals surface area contributed by atoms with Gasteiger partial charge in [-0.15, -0.1) is 0 Å². The first-order valence-corrected chi connectivity index (χ1v) is 11.2. The van der Waals surface area contributed by atoms with Gasteiger partial charge in [0.05, 0.1) is 12.1 Å². The molecule has 5 nitrogen and oxygen atoms in total. The Balaban J connectivity index is 1.23. The van der Waals surface area contributed by atoms with Crippen LogP contribution in [-0.4, -0.2) is 54.7 Å². The van der Waals surface area contributed by atoms with Crippen LogP contribution in [0, 0.1) is 11.8 Å². The maximum atomic E-state index is 12.3. The van der Waals surface area contributed by atoms with Crippen LogP contribution in [0.5, 0.6) is 0 Å². The Bertz CT molecular complexity index is 718. The van der Waals surface area contributed by atoms with E-state index in [4.69, 9.17) is 0 Å². The van der Waals surface area contributed by atoms with E-state index in [2.05, 4.69) is 39.8 Å². The number of aliphatic hydroxyl groups excluding tert-OH is 1. The minimum atomic E-state index is -0.358. The highest BCUT2D eigenvalue weighted by Crippen LogP contribution is 2.50. The number of fused-ring (bicyclic) bond motifs is 2. The van der Waals surface area contributed by atoms with Crippen LogP contribution in [0.1, 0.15) is 55.7 Å². The summed E-state index contributed by atoms with van der Waals surface area (Å²) in [7, 11) is 0. The average Bonchev–Trinajstić information content (AvgIpc) is 3.57. The lowest BCUT2D eigenvalue weighted by atomic mass is 9.72. The van der Waals surface area contributed by atoms with Crippen molar-refractivity contribution >= 4 is 5.91 Å². The van der Waals surface area contributed by atoms with E-state index in [1.54, 1.807) is 0 Å². The van der Waals surface area contributed by atoms with E-state index in [1.165, 1.54) is 11.1 Å². The van der Waals surface area contributed by atoms with Crippen molar-refractivity contribution in [3.63, 3.8) is 0 Å². The molecule has 152 valence electrons. The zero-order chi connectivity index (χ0) is 19.1. The monoisotopic (exact) mass is 383 g/mol. The molecule has 1 amide bonds. The van der Waals surface area contributed by atoms with Crippen molar-refractivity contribution in [3.8, 4) is 0 Å². The smallest absolute Gasteiger partial charge is 0.225 e. The highest BCUT2D eigenvalue weighted by atomic mass is 16.3. The first kappa shape index (κ1) is 18.6. The van der Waals surface area contributed by atoms with Crippen molar-refractivity contribution in [2.75, 3.05) is 32.7 Å². The predicted octanol–water partition coefficient (Wildman–Crippen LogP) is 1.96. The van der Waals surface area contributed by atoms with Crippen molar-refractivity contribution in [3.05, 3.63) is 35.4 Å². The second-order valence-corrected chi connectivity index (χ2v) is 9.37. The number of hydrogen-bond acceptors (Lipinski definition) is 4. The average molecular weight is 384 g/mol. The molecule has 1 saturated carbocycles. The van der Waals surface area contributed by atoms with E-state index in [0.717, 1.165) is 71.2 Å². The molecule has 5 rings (SSSR count). The van der Waals surface area contributed by atoms with Gasteiger partial charge in [0.2, 0.25) is 5.91 Å². The van der Waals surface area contributed by atoms with E-state index in [9.17, 15) is 9.90 Å². The number of likely N-dealkylation sites (tertiary alicyclic amines) is 1. The lowest BCUT2D eigenvalue weighted by molar-refractivity contribution is -0.133. The van der Waals surface area contributed by atoms with E-state index >= 15 is 0 Å². The van der Waals surface area contributed by atoms with Gasteiger partial charge in [-0.05, 0) is 75.2 Å². The first-order chi connectivity index (χ1) is 13.7. The van der Waals surface area contributed by atoms with Crippen LogP contribution in [0.2, 0.25) is 0 Å². The first-order valence-electron chi connectivity index (χ1n) is 11.2. The fraction of sp³-hybridized carbons (Fsp3) is 0.696. The molecule has 2 heterocycles. The van der Waals surface area contributed by atoms with Crippen LogP contribution in [0.25, 0.3) is 0 Å². The van der Waals surface area contributed by atoms with Gasteiger partial charge in [-0.3, -0.25) is 4.79 Å². The van der Waals surface area contributed by atoms with Crippen LogP contribution in [0.4, 0.5) is 0 Å². The van der Waals surface area contributed by atoms with Gasteiger partial charge >= 0.3 is 0 Å². The van der Waals surface area contributed by atoms with Crippen molar-refractivity contribution in [1.82, 2.24) is 15.5 Å². The number of nitrogens with one attached hydrogen (secondary N) is 2. The molecule has 3 fully saturated rings. The van der Waals surface area contributed by atoms with Gasteiger partial charge in [-0.2, -0.15) is 0 Å². The van der Waals surface area contributed by atoms with E-state index in [-0.39, 0.29) is 17.6 Å². The lowest BCUT2D eigenvalue weighted by Gasteiger charge is -2.39. The molecule has 28 heavy (non-hydrogen) atoms. The standard InChI is InChI=1S/C23H33N3O2/c27-21-20(18-3-1-2-4-19(18)23(21)9-11-24-12-10-23)25-15-16-7-13-26(14-8-16)22(28)17-5-6-17/h1-4,16-17,20-21,24-25,27H,5-15H2/t20-,21+/m1/s1. The summed E-state index contributed by atoms with van der Waals surface area (Å²) < 4.78 is 0. The summed E-state index contributed by atoms with van der Waals surface area (Å²) in [5.41, 5.74) is 2.55. The molecule has 2 aliphatic carbocycles. The third-order valence-corrected chi connectivity index (χ3v) is 7.69. The van der Waals surface area contributed by atoms with E-state index in [0.29, 0.717) is 17.7 Å². The molecule has 0 bridgehead atoms. The molecule has 2 saturated heterocycles. The Morgan fingerprint density at radius 2 is 1.86 bits per heavy atom. The molecule has 0 unspecified atom stereocenters. The van der Waals surface area contributed by atoms with Crippen LogP contribution in [-0.2, 0) is 10.2 Å². The number of amides is 1. The maximum absolute atomic E-state index is 12.3. The number of rotatable bonds is 4. The highest BCUT2D eigenvalue weighted by Gasteiger charge is 2.51. The van der Waals surface area contributed by atoms with Crippen molar-refractivity contribution in [2.24, 2.45) is 11.8 Å². The molecule has 1 aromatic carbocycles. The number of piperidine rings is 2. The quantitative estimate of drug-likeness (QED) is 0.744. The summed E-state index contributed by atoms with van der Waals surface area (Å²) in [5.74, 6) is 1.31. The molecule has 3 N–H and O–H groups in total. The molecule has 2 atom stereocenters. The summed E-state index contributed by atoms with van der Waals surface area (Å²) in [6, 6.07) is 8.67. The van der Waals surface area contributed by atoms with Crippen LogP contribution < -0.4 is 10.6 Å². The molecule has 0 aromatic heterocycles. The molecular weight excluding hydrogens is 350 g/mol. The Hall–Kier alpha value is -1.43. The zero-order valence-electron chi connectivity index (χ0n) is 16.7. The number of carbonyl (C=O) groups excluding carboxylic acids is 1. The maximum Gasteiger partial charge on any atom is 0.225 e. The molecule has 5 heteroatoms. The summed E-state index contributed by atoms with van der Waals surface area (Å²) in [6.45, 7) is 4.69. The lowest BCUT2D eigenvalue weighted by Crippen LogP contribution is -2.48. The largest absolute Gasteiger partial charge is 0.390 e. The van der Waals surface area contributed by atoms with Crippen LogP contribution in [0.15, 0.2) is 24.3 Å². The van der Waals surface area contributed by atoms with Crippen LogP contribution >= 0.6 is 0 Å². The fourth-order valence-electron chi connectivity index (χ4n) is 5.77. The van der Waals surface area contributed by atoms with Gasteiger partial charge in [0.15, 0.2) is 0 Å². The van der Waals surface area contributed by atoms with E-state index < -0.39 is 0 Å². The third-order valence-electron chi connectivity index (χ3n) is 7.69. The Morgan fingerprint density at radius 1 is 1.14 bits per heavy atom. The molecule has 4 aliphatic rings. The number of carbonyl (C=O) groups is 1.